The molecule has 4 rings (SSSR count). The molecule has 1 unspecified atom stereocenters. The van der Waals surface area contributed by atoms with Gasteiger partial charge in [-0.05, 0) is 43.0 Å². The van der Waals surface area contributed by atoms with Gasteiger partial charge in [0.1, 0.15) is 11.5 Å². The van der Waals surface area contributed by atoms with Gasteiger partial charge >= 0.3 is 0 Å². The fraction of sp³-hybridized carbons (Fsp3) is 0.333. The van der Waals surface area contributed by atoms with Crippen LogP contribution < -0.4 is 10.5 Å². The molecule has 0 bridgehead atoms. The summed E-state index contributed by atoms with van der Waals surface area (Å²) in [7, 11) is 0. The van der Waals surface area contributed by atoms with Gasteiger partial charge in [-0.25, -0.2) is 4.39 Å². The molecule has 140 valence electrons. The highest BCUT2D eigenvalue weighted by Gasteiger charge is 2.21. The highest BCUT2D eigenvalue weighted by Crippen LogP contribution is 2.27. The lowest BCUT2D eigenvalue weighted by Crippen LogP contribution is -2.32. The average Bonchev–Trinajstić information content (AvgIpc) is 2.87. The highest BCUT2D eigenvalue weighted by molar-refractivity contribution is 6.30. The minimum atomic E-state index is -0.567. The maximum absolute atomic E-state index is 14.5. The van der Waals surface area contributed by atoms with Gasteiger partial charge in [0.25, 0.3) is 5.56 Å². The van der Waals surface area contributed by atoms with Crippen molar-refractivity contribution in [1.82, 2.24) is 9.78 Å². The molecular formula is C21H21ClFN3O. The summed E-state index contributed by atoms with van der Waals surface area (Å²) in [6.45, 7) is 3.98. The second-order valence-corrected chi connectivity index (χ2v) is 7.67. The van der Waals surface area contributed by atoms with Gasteiger partial charge in [0.2, 0.25) is 0 Å². The Kier molecular flexibility index (Phi) is 4.87. The minimum absolute atomic E-state index is 0.110. The molecule has 0 saturated carbocycles. The third-order valence-corrected chi connectivity index (χ3v) is 5.37. The molecule has 27 heavy (non-hydrogen) atoms. The van der Waals surface area contributed by atoms with Gasteiger partial charge in [0.15, 0.2) is 5.82 Å². The first-order valence-electron chi connectivity index (χ1n) is 9.27. The van der Waals surface area contributed by atoms with Crippen molar-refractivity contribution in [3.05, 3.63) is 63.7 Å². The molecule has 1 aliphatic heterocycles. The monoisotopic (exact) mass is 385 g/mol. The predicted molar refractivity (Wildman–Crippen MR) is 108 cm³/mol. The topological polar surface area (TPSA) is 38.1 Å². The quantitative estimate of drug-likeness (QED) is 0.635. The number of hydrogen-bond acceptors (Lipinski definition) is 3. The molecule has 1 aliphatic rings. The normalized spacial score (nSPS) is 17.9. The van der Waals surface area contributed by atoms with Gasteiger partial charge in [-0.3, -0.25) is 4.79 Å². The fourth-order valence-electron chi connectivity index (χ4n) is 3.77. The number of anilines is 1. The number of nitrogens with zero attached hydrogens (tertiary/aromatic N) is 3. The zero-order chi connectivity index (χ0) is 19.0. The number of halogens is 2. The van der Waals surface area contributed by atoms with Crippen LogP contribution in [-0.4, -0.2) is 22.9 Å². The first-order chi connectivity index (χ1) is 13.0. The number of aromatic nitrogens is 2. The van der Waals surface area contributed by atoms with E-state index in [1.165, 1.54) is 29.7 Å². The number of rotatable bonds is 2. The Morgan fingerprint density at radius 2 is 1.93 bits per heavy atom. The van der Waals surface area contributed by atoms with Crippen LogP contribution in [-0.2, 0) is 0 Å². The smallest absolute Gasteiger partial charge is 0.279 e. The van der Waals surface area contributed by atoms with Crippen LogP contribution in [0.15, 0.2) is 47.3 Å². The van der Waals surface area contributed by atoms with Crippen molar-refractivity contribution < 1.29 is 4.39 Å². The molecule has 6 heteroatoms. The zero-order valence-corrected chi connectivity index (χ0v) is 15.9. The van der Waals surface area contributed by atoms with E-state index in [9.17, 15) is 9.18 Å². The SMILES string of the molecule is CC1CCCCN(c2nn(-c3ccc(Cl)cc3F)c(=O)c3ccccc23)C1. The van der Waals surface area contributed by atoms with Crippen molar-refractivity contribution in [3.63, 3.8) is 0 Å². The predicted octanol–water partition coefficient (Wildman–Crippen LogP) is 4.80. The molecule has 1 atom stereocenters. The Morgan fingerprint density at radius 1 is 1.15 bits per heavy atom. The van der Waals surface area contributed by atoms with E-state index < -0.39 is 5.82 Å². The lowest BCUT2D eigenvalue weighted by molar-refractivity contribution is 0.542. The van der Waals surface area contributed by atoms with E-state index in [2.05, 4.69) is 16.9 Å². The van der Waals surface area contributed by atoms with E-state index in [0.717, 1.165) is 30.7 Å². The largest absolute Gasteiger partial charge is 0.354 e. The number of fused-ring (bicyclic) bond motifs is 1. The molecule has 2 heterocycles. The third-order valence-electron chi connectivity index (χ3n) is 5.13. The maximum atomic E-state index is 14.5. The molecule has 4 nitrogen and oxygen atoms in total. The second-order valence-electron chi connectivity index (χ2n) is 7.23. The lowest BCUT2D eigenvalue weighted by atomic mass is 10.1. The van der Waals surface area contributed by atoms with Crippen LogP contribution >= 0.6 is 11.6 Å². The molecule has 0 spiro atoms. The van der Waals surface area contributed by atoms with Crippen LogP contribution in [0.2, 0.25) is 5.02 Å². The van der Waals surface area contributed by atoms with Crippen molar-refractivity contribution in [2.24, 2.45) is 5.92 Å². The Labute approximate surface area is 162 Å². The first kappa shape index (κ1) is 18.0. The van der Waals surface area contributed by atoms with Crippen LogP contribution in [0.5, 0.6) is 0 Å². The Morgan fingerprint density at radius 3 is 2.70 bits per heavy atom. The van der Waals surface area contributed by atoms with E-state index in [0.29, 0.717) is 11.3 Å². The lowest BCUT2D eigenvalue weighted by Gasteiger charge is -2.25. The van der Waals surface area contributed by atoms with Crippen LogP contribution in [0.1, 0.15) is 26.2 Å². The Balaban J connectivity index is 1.96. The summed E-state index contributed by atoms with van der Waals surface area (Å²) in [6.07, 6.45) is 3.44. The molecule has 3 aromatic rings. The van der Waals surface area contributed by atoms with Gasteiger partial charge in [-0.1, -0.05) is 43.1 Å². The van der Waals surface area contributed by atoms with E-state index in [-0.39, 0.29) is 16.3 Å². The molecule has 0 radical (unpaired) electrons. The summed E-state index contributed by atoms with van der Waals surface area (Å²) in [5, 5.41) is 6.24. The third kappa shape index (κ3) is 3.44. The number of hydrogen-bond donors (Lipinski definition) is 0. The van der Waals surface area contributed by atoms with Crippen molar-refractivity contribution in [3.8, 4) is 5.69 Å². The Hall–Kier alpha value is -2.40. The van der Waals surface area contributed by atoms with Crippen molar-refractivity contribution >= 4 is 28.2 Å². The van der Waals surface area contributed by atoms with Crippen molar-refractivity contribution in [1.29, 1.82) is 0 Å². The van der Waals surface area contributed by atoms with Crippen molar-refractivity contribution in [2.75, 3.05) is 18.0 Å². The van der Waals surface area contributed by atoms with Gasteiger partial charge in [-0.15, -0.1) is 5.10 Å². The first-order valence-corrected chi connectivity index (χ1v) is 9.65. The van der Waals surface area contributed by atoms with E-state index in [4.69, 9.17) is 11.6 Å². The van der Waals surface area contributed by atoms with Crippen LogP contribution in [0.25, 0.3) is 16.5 Å². The fourth-order valence-corrected chi connectivity index (χ4v) is 3.93. The molecule has 2 aromatic carbocycles. The molecule has 1 fully saturated rings. The zero-order valence-electron chi connectivity index (χ0n) is 15.2. The van der Waals surface area contributed by atoms with Crippen molar-refractivity contribution in [2.45, 2.75) is 26.2 Å². The average molecular weight is 386 g/mol. The molecule has 0 amide bonds. The number of benzene rings is 2. The standard InChI is InChI=1S/C21H21ClFN3O/c1-14-6-4-5-11-25(13-14)20-16-7-2-3-8-17(16)21(27)26(24-20)19-10-9-15(22)12-18(19)23/h2-3,7-10,12,14H,4-6,11,13H2,1H3. The molecule has 0 aliphatic carbocycles. The second kappa shape index (κ2) is 7.31. The van der Waals surface area contributed by atoms with Gasteiger partial charge in [0, 0.05) is 23.5 Å². The molecule has 1 saturated heterocycles. The maximum Gasteiger partial charge on any atom is 0.279 e. The molecule has 1 aromatic heterocycles. The van der Waals surface area contributed by atoms with Gasteiger partial charge < -0.3 is 4.90 Å². The summed E-state index contributed by atoms with van der Waals surface area (Å²) in [6, 6.07) is 11.7. The summed E-state index contributed by atoms with van der Waals surface area (Å²) < 4.78 is 15.7. The van der Waals surface area contributed by atoms with E-state index in [1.54, 1.807) is 12.1 Å². The molecule has 0 N–H and O–H groups in total. The highest BCUT2D eigenvalue weighted by atomic mass is 35.5. The van der Waals surface area contributed by atoms with E-state index in [1.807, 2.05) is 18.2 Å². The van der Waals surface area contributed by atoms with Crippen LogP contribution in [0, 0.1) is 11.7 Å². The summed E-state index contributed by atoms with van der Waals surface area (Å²) in [5.74, 6) is 0.705. The Bertz CT molecular complexity index is 1050. The van der Waals surface area contributed by atoms with E-state index >= 15 is 0 Å². The van der Waals surface area contributed by atoms with Crippen LogP contribution in [0.4, 0.5) is 10.2 Å². The summed E-state index contributed by atoms with van der Waals surface area (Å²) in [5.41, 5.74) is -0.224. The summed E-state index contributed by atoms with van der Waals surface area (Å²) in [4.78, 5) is 15.2. The van der Waals surface area contributed by atoms with Crippen LogP contribution in [0.3, 0.4) is 0 Å². The van der Waals surface area contributed by atoms with Gasteiger partial charge in [0.05, 0.1) is 5.39 Å². The molecular weight excluding hydrogens is 365 g/mol. The van der Waals surface area contributed by atoms with Gasteiger partial charge in [-0.2, -0.15) is 4.68 Å². The minimum Gasteiger partial charge on any atom is -0.354 e. The summed E-state index contributed by atoms with van der Waals surface area (Å²) >= 11 is 5.87.